The summed E-state index contributed by atoms with van der Waals surface area (Å²) in [7, 11) is 0. The number of esters is 1. The Balaban J connectivity index is 1.54. The summed E-state index contributed by atoms with van der Waals surface area (Å²) < 4.78 is 16.9. The van der Waals surface area contributed by atoms with E-state index in [0.29, 0.717) is 18.4 Å². The SMILES string of the molecule is CC(=O)OC(c1ccccc1)C(NC(=O)OCc1ccccc1)C(Br)CC(Cc1ccccc1)NC(=O)OCc1ccccc1. The molecule has 4 aromatic rings. The predicted octanol–water partition coefficient (Wildman–Crippen LogP) is 7.28. The number of halogens is 1. The van der Waals surface area contributed by atoms with Crippen molar-refractivity contribution in [2.75, 3.05) is 0 Å². The van der Waals surface area contributed by atoms with Crippen molar-refractivity contribution < 1.29 is 28.6 Å². The molecule has 8 nitrogen and oxygen atoms in total. The molecule has 0 aliphatic heterocycles. The van der Waals surface area contributed by atoms with Gasteiger partial charge in [0.1, 0.15) is 19.3 Å². The molecule has 4 rings (SSSR count). The molecule has 2 N–H and O–H groups in total. The lowest BCUT2D eigenvalue weighted by atomic mass is 9.94. The molecule has 9 heteroatoms. The van der Waals surface area contributed by atoms with E-state index in [9.17, 15) is 14.4 Å². The van der Waals surface area contributed by atoms with Crippen LogP contribution in [-0.4, -0.2) is 35.1 Å². The second kappa shape index (κ2) is 17.6. The van der Waals surface area contributed by atoms with Gasteiger partial charge in [0.2, 0.25) is 0 Å². The molecule has 0 aliphatic rings. The molecule has 0 saturated carbocycles. The van der Waals surface area contributed by atoms with Crippen molar-refractivity contribution in [3.05, 3.63) is 144 Å². The molecule has 0 aromatic heterocycles. The van der Waals surface area contributed by atoms with Crippen LogP contribution in [0.25, 0.3) is 0 Å². The van der Waals surface area contributed by atoms with E-state index in [4.69, 9.17) is 14.2 Å². The summed E-state index contributed by atoms with van der Waals surface area (Å²) in [4.78, 5) is 37.9. The van der Waals surface area contributed by atoms with Crippen LogP contribution >= 0.6 is 15.9 Å². The molecule has 4 atom stereocenters. The predicted molar refractivity (Wildman–Crippen MR) is 176 cm³/mol. The summed E-state index contributed by atoms with van der Waals surface area (Å²) in [5.74, 6) is -0.503. The number of alkyl halides is 1. The summed E-state index contributed by atoms with van der Waals surface area (Å²) in [6.07, 6.45) is -1.23. The van der Waals surface area contributed by atoms with Crippen LogP contribution in [0.5, 0.6) is 0 Å². The van der Waals surface area contributed by atoms with Crippen molar-refractivity contribution in [1.82, 2.24) is 10.6 Å². The second-order valence-corrected chi connectivity index (χ2v) is 11.7. The van der Waals surface area contributed by atoms with Crippen LogP contribution in [0, 0.1) is 0 Å². The number of alkyl carbamates (subject to hydrolysis) is 2. The van der Waals surface area contributed by atoms with E-state index in [2.05, 4.69) is 26.6 Å². The lowest BCUT2D eigenvalue weighted by Gasteiger charge is -2.33. The maximum atomic E-state index is 13.1. The van der Waals surface area contributed by atoms with Crippen molar-refractivity contribution >= 4 is 34.1 Å². The highest BCUT2D eigenvalue weighted by molar-refractivity contribution is 9.09. The molecule has 0 heterocycles. The molecule has 234 valence electrons. The fourth-order valence-corrected chi connectivity index (χ4v) is 5.73. The average molecular weight is 674 g/mol. The largest absolute Gasteiger partial charge is 0.455 e. The van der Waals surface area contributed by atoms with Gasteiger partial charge < -0.3 is 24.8 Å². The highest BCUT2D eigenvalue weighted by Gasteiger charge is 2.35. The molecule has 0 fully saturated rings. The van der Waals surface area contributed by atoms with Gasteiger partial charge in [-0.1, -0.05) is 137 Å². The van der Waals surface area contributed by atoms with Gasteiger partial charge in [0.05, 0.1) is 6.04 Å². The van der Waals surface area contributed by atoms with E-state index in [-0.39, 0.29) is 13.2 Å². The number of carbonyl (C=O) groups excluding carboxylic acids is 3. The van der Waals surface area contributed by atoms with Crippen LogP contribution in [0.2, 0.25) is 0 Å². The van der Waals surface area contributed by atoms with Gasteiger partial charge in [-0.3, -0.25) is 4.79 Å². The van der Waals surface area contributed by atoms with Gasteiger partial charge >= 0.3 is 18.2 Å². The third-order valence-corrected chi connectivity index (χ3v) is 7.95. The molecule has 4 unspecified atom stereocenters. The molecular formula is C36H37BrN2O6. The monoisotopic (exact) mass is 672 g/mol. The first-order valence-electron chi connectivity index (χ1n) is 14.7. The highest BCUT2D eigenvalue weighted by atomic mass is 79.9. The van der Waals surface area contributed by atoms with Gasteiger partial charge in [-0.25, -0.2) is 9.59 Å². The summed E-state index contributed by atoms with van der Waals surface area (Å²) in [5.41, 5.74) is 3.41. The lowest BCUT2D eigenvalue weighted by molar-refractivity contribution is -0.148. The average Bonchev–Trinajstić information content (AvgIpc) is 3.06. The van der Waals surface area contributed by atoms with Crippen LogP contribution < -0.4 is 10.6 Å². The number of hydrogen-bond acceptors (Lipinski definition) is 6. The minimum absolute atomic E-state index is 0.0708. The highest BCUT2D eigenvalue weighted by Crippen LogP contribution is 2.30. The molecule has 0 bridgehead atoms. The number of benzene rings is 4. The van der Waals surface area contributed by atoms with E-state index in [1.807, 2.05) is 121 Å². The van der Waals surface area contributed by atoms with Crippen molar-refractivity contribution in [3.63, 3.8) is 0 Å². The molecule has 45 heavy (non-hydrogen) atoms. The zero-order valence-electron chi connectivity index (χ0n) is 25.0. The molecule has 0 aliphatic carbocycles. The van der Waals surface area contributed by atoms with Gasteiger partial charge in [0.15, 0.2) is 0 Å². The summed E-state index contributed by atoms with van der Waals surface area (Å²) in [5, 5.41) is 5.93. The van der Waals surface area contributed by atoms with Crippen LogP contribution in [0.3, 0.4) is 0 Å². The first-order chi connectivity index (χ1) is 21.9. The number of carbonyl (C=O) groups is 3. The Bertz CT molecular complexity index is 1470. The third-order valence-electron chi connectivity index (χ3n) is 7.00. The Morgan fingerprint density at radius 2 is 1.09 bits per heavy atom. The van der Waals surface area contributed by atoms with E-state index < -0.39 is 41.2 Å². The zero-order valence-corrected chi connectivity index (χ0v) is 26.6. The molecule has 4 aromatic carbocycles. The smallest absolute Gasteiger partial charge is 0.407 e. The number of amides is 2. The van der Waals surface area contributed by atoms with Gasteiger partial charge in [-0.05, 0) is 35.1 Å². The minimum Gasteiger partial charge on any atom is -0.455 e. The van der Waals surface area contributed by atoms with Crippen molar-refractivity contribution in [1.29, 1.82) is 0 Å². The summed E-state index contributed by atoms with van der Waals surface area (Å²) in [6.45, 7) is 1.52. The topological polar surface area (TPSA) is 103 Å². The van der Waals surface area contributed by atoms with E-state index in [1.54, 1.807) is 0 Å². The number of nitrogens with one attached hydrogen (secondary N) is 2. The van der Waals surface area contributed by atoms with Crippen molar-refractivity contribution in [2.24, 2.45) is 0 Å². The van der Waals surface area contributed by atoms with Gasteiger partial charge in [-0.15, -0.1) is 0 Å². The second-order valence-electron chi connectivity index (χ2n) is 10.5. The van der Waals surface area contributed by atoms with Crippen molar-refractivity contribution in [3.8, 4) is 0 Å². The first kappa shape index (κ1) is 33.3. The maximum absolute atomic E-state index is 13.1. The quantitative estimate of drug-likeness (QED) is 0.0829. The summed E-state index contributed by atoms with van der Waals surface area (Å²) >= 11 is 3.78. The zero-order chi connectivity index (χ0) is 31.9. The van der Waals surface area contributed by atoms with Gasteiger partial charge in [-0.2, -0.15) is 0 Å². The molecule has 0 saturated heterocycles. The van der Waals surface area contributed by atoms with Crippen LogP contribution in [0.4, 0.5) is 9.59 Å². The van der Waals surface area contributed by atoms with Gasteiger partial charge in [0.25, 0.3) is 0 Å². The Hall–Kier alpha value is -4.63. The fraction of sp³-hybridized carbons (Fsp3) is 0.250. The Kier molecular flexibility index (Phi) is 13.0. The lowest BCUT2D eigenvalue weighted by Crippen LogP contribution is -2.49. The van der Waals surface area contributed by atoms with Crippen molar-refractivity contribution in [2.45, 2.75) is 56.0 Å². The van der Waals surface area contributed by atoms with E-state index in [0.717, 1.165) is 16.7 Å². The number of rotatable bonds is 14. The Labute approximate surface area is 272 Å². The summed E-state index contributed by atoms with van der Waals surface area (Å²) in [6, 6.07) is 36.6. The fourth-order valence-electron chi connectivity index (χ4n) is 4.87. The third kappa shape index (κ3) is 11.4. The minimum atomic E-state index is -0.847. The Morgan fingerprint density at radius 1 is 0.644 bits per heavy atom. The maximum Gasteiger partial charge on any atom is 0.407 e. The number of hydrogen-bond donors (Lipinski definition) is 2. The molecule has 0 spiro atoms. The molecular weight excluding hydrogens is 636 g/mol. The Morgan fingerprint density at radius 3 is 1.58 bits per heavy atom. The first-order valence-corrected chi connectivity index (χ1v) is 15.6. The normalized spacial score (nSPS) is 13.4. The van der Waals surface area contributed by atoms with Gasteiger partial charge in [0, 0.05) is 17.8 Å². The molecule has 0 radical (unpaired) electrons. The molecule has 2 amide bonds. The van der Waals surface area contributed by atoms with Crippen LogP contribution in [0.1, 0.15) is 41.7 Å². The van der Waals surface area contributed by atoms with Crippen LogP contribution in [0.15, 0.2) is 121 Å². The standard InChI is InChI=1S/C36H37BrN2O6/c1-26(40)45-34(30-20-12-5-13-21-30)33(39-36(42)44-25-29-18-10-4-11-19-29)32(37)23-31(22-27-14-6-2-7-15-27)38-35(41)43-24-28-16-8-3-9-17-28/h2-21,31-34H,22-25H2,1H3,(H,38,41)(H,39,42). The van der Waals surface area contributed by atoms with E-state index >= 15 is 0 Å². The number of ether oxygens (including phenoxy) is 3. The van der Waals surface area contributed by atoms with E-state index in [1.165, 1.54) is 6.92 Å². The van der Waals surface area contributed by atoms with Crippen LogP contribution in [-0.2, 0) is 38.6 Å².